The fraction of sp³-hybridized carbons (Fsp3) is 0.824. The van der Waals surface area contributed by atoms with Crippen LogP contribution >= 0.6 is 11.3 Å². The van der Waals surface area contributed by atoms with Gasteiger partial charge in [0.05, 0.1) is 19.3 Å². The zero-order chi connectivity index (χ0) is 16.1. The molecule has 2 saturated heterocycles. The van der Waals surface area contributed by atoms with Gasteiger partial charge in [-0.15, -0.1) is 11.3 Å². The molecule has 0 bridgehead atoms. The van der Waals surface area contributed by atoms with Crippen LogP contribution in [0.3, 0.4) is 0 Å². The Morgan fingerprint density at radius 1 is 1.22 bits per heavy atom. The fourth-order valence-electron chi connectivity index (χ4n) is 3.43. The molecular weight excluding hydrogens is 308 g/mol. The van der Waals surface area contributed by atoms with Crippen LogP contribution < -0.4 is 5.32 Å². The number of rotatable bonds is 6. The lowest BCUT2D eigenvalue weighted by Gasteiger charge is -2.35. The molecule has 3 rings (SSSR count). The third kappa shape index (κ3) is 5.22. The first-order chi connectivity index (χ1) is 11.2. The van der Waals surface area contributed by atoms with Crippen molar-refractivity contribution in [2.24, 2.45) is 0 Å². The highest BCUT2D eigenvalue weighted by Crippen LogP contribution is 2.20. The normalized spacial score (nSPS) is 23.2. The van der Waals surface area contributed by atoms with E-state index in [-0.39, 0.29) is 0 Å². The number of nitrogens with one attached hydrogen (secondary N) is 1. The first-order valence-corrected chi connectivity index (χ1v) is 9.79. The smallest absolute Gasteiger partial charge is 0.110 e. The molecule has 2 aliphatic heterocycles. The van der Waals surface area contributed by atoms with Gasteiger partial charge in [-0.05, 0) is 39.8 Å². The van der Waals surface area contributed by atoms with Crippen molar-refractivity contribution in [3.8, 4) is 0 Å². The summed E-state index contributed by atoms with van der Waals surface area (Å²) in [7, 11) is 0. The number of likely N-dealkylation sites (tertiary alicyclic amines) is 1. The molecule has 1 atom stereocenters. The predicted octanol–water partition coefficient (Wildman–Crippen LogP) is 1.90. The molecular formula is C17H30N4OS. The topological polar surface area (TPSA) is 40.6 Å². The Kier molecular flexibility index (Phi) is 6.42. The van der Waals surface area contributed by atoms with Crippen LogP contribution in [0.15, 0.2) is 5.38 Å². The van der Waals surface area contributed by atoms with E-state index in [1.54, 1.807) is 11.3 Å². The van der Waals surface area contributed by atoms with Crippen molar-refractivity contribution >= 4 is 11.3 Å². The first kappa shape index (κ1) is 17.3. The minimum atomic E-state index is 0.374. The third-order valence-electron chi connectivity index (χ3n) is 4.92. The number of aryl methyl sites for hydroxylation is 1. The van der Waals surface area contributed by atoms with Crippen LogP contribution in [0.1, 0.15) is 36.5 Å². The maximum atomic E-state index is 5.41. The second kappa shape index (κ2) is 8.53. The lowest BCUT2D eigenvalue weighted by Crippen LogP contribution is -2.46. The van der Waals surface area contributed by atoms with E-state index >= 15 is 0 Å². The molecule has 1 aromatic heterocycles. The molecule has 0 saturated carbocycles. The van der Waals surface area contributed by atoms with Gasteiger partial charge in [0.15, 0.2) is 0 Å². The largest absolute Gasteiger partial charge is 0.379 e. The van der Waals surface area contributed by atoms with Gasteiger partial charge in [-0.3, -0.25) is 4.90 Å². The number of nitrogens with zero attached hydrogens (tertiary/aromatic N) is 3. The van der Waals surface area contributed by atoms with Crippen LogP contribution in [0.4, 0.5) is 0 Å². The first-order valence-electron chi connectivity index (χ1n) is 8.91. The number of morpholine rings is 1. The van der Waals surface area contributed by atoms with Crippen LogP contribution in [0.5, 0.6) is 0 Å². The summed E-state index contributed by atoms with van der Waals surface area (Å²) in [4.78, 5) is 9.75. The lowest BCUT2D eigenvalue weighted by atomic mass is 10.0. The highest BCUT2D eigenvalue weighted by Gasteiger charge is 2.22. The molecule has 1 aromatic rings. The van der Waals surface area contributed by atoms with Crippen LogP contribution in [0.2, 0.25) is 0 Å². The summed E-state index contributed by atoms with van der Waals surface area (Å²) in [5, 5.41) is 7.13. The molecule has 130 valence electrons. The molecule has 6 heteroatoms. The Labute approximate surface area is 144 Å². The number of ether oxygens (including phenoxy) is 1. The second-order valence-corrected chi connectivity index (χ2v) is 7.68. The maximum Gasteiger partial charge on any atom is 0.110 e. The average molecular weight is 339 g/mol. The summed E-state index contributed by atoms with van der Waals surface area (Å²) in [6, 6.07) is 1.01. The van der Waals surface area contributed by atoms with Gasteiger partial charge < -0.3 is 15.0 Å². The van der Waals surface area contributed by atoms with Crippen molar-refractivity contribution in [1.82, 2.24) is 20.1 Å². The molecule has 0 amide bonds. The predicted molar refractivity (Wildman–Crippen MR) is 95.1 cm³/mol. The number of piperidine rings is 1. The zero-order valence-corrected chi connectivity index (χ0v) is 15.3. The van der Waals surface area contributed by atoms with Gasteiger partial charge in [0.2, 0.25) is 0 Å². The average Bonchev–Trinajstić information content (AvgIpc) is 3.02. The van der Waals surface area contributed by atoms with Gasteiger partial charge in [-0.25, -0.2) is 4.98 Å². The second-order valence-electron chi connectivity index (χ2n) is 6.79. The summed E-state index contributed by atoms with van der Waals surface area (Å²) in [5.74, 6) is 0. The molecule has 1 unspecified atom stereocenters. The SMILES string of the molecule is Cc1csc(C(C)NC2CCN(CCN3CCOCC3)CC2)n1. The summed E-state index contributed by atoms with van der Waals surface area (Å²) in [5.41, 5.74) is 1.14. The van der Waals surface area contributed by atoms with Crippen molar-refractivity contribution < 1.29 is 4.74 Å². The summed E-state index contributed by atoms with van der Waals surface area (Å²) in [6.07, 6.45) is 2.50. The minimum absolute atomic E-state index is 0.374. The van der Waals surface area contributed by atoms with Gasteiger partial charge >= 0.3 is 0 Å². The van der Waals surface area contributed by atoms with E-state index < -0.39 is 0 Å². The van der Waals surface area contributed by atoms with Crippen molar-refractivity contribution in [2.45, 2.75) is 38.8 Å². The molecule has 0 radical (unpaired) electrons. The lowest BCUT2D eigenvalue weighted by molar-refractivity contribution is 0.0318. The van der Waals surface area contributed by atoms with E-state index in [0.29, 0.717) is 12.1 Å². The Bertz CT molecular complexity index is 467. The van der Waals surface area contributed by atoms with E-state index in [1.165, 1.54) is 44.0 Å². The Morgan fingerprint density at radius 2 is 1.87 bits per heavy atom. The Hall–Kier alpha value is -0.530. The van der Waals surface area contributed by atoms with E-state index in [1.807, 2.05) is 0 Å². The van der Waals surface area contributed by atoms with E-state index in [9.17, 15) is 0 Å². The van der Waals surface area contributed by atoms with Crippen LogP contribution in [-0.4, -0.2) is 73.3 Å². The molecule has 5 nitrogen and oxygen atoms in total. The summed E-state index contributed by atoms with van der Waals surface area (Å²) < 4.78 is 5.41. The summed E-state index contributed by atoms with van der Waals surface area (Å²) in [6.45, 7) is 13.1. The van der Waals surface area contributed by atoms with E-state index in [2.05, 4.69) is 39.3 Å². The molecule has 2 aliphatic rings. The Balaban J connectivity index is 1.35. The van der Waals surface area contributed by atoms with E-state index in [4.69, 9.17) is 4.74 Å². The quantitative estimate of drug-likeness (QED) is 0.858. The van der Waals surface area contributed by atoms with Crippen molar-refractivity contribution in [3.63, 3.8) is 0 Å². The molecule has 3 heterocycles. The fourth-order valence-corrected chi connectivity index (χ4v) is 4.24. The van der Waals surface area contributed by atoms with Crippen LogP contribution in [0.25, 0.3) is 0 Å². The van der Waals surface area contributed by atoms with Crippen LogP contribution in [-0.2, 0) is 4.74 Å². The maximum absolute atomic E-state index is 5.41. The van der Waals surface area contributed by atoms with Gasteiger partial charge in [0.1, 0.15) is 5.01 Å². The monoisotopic (exact) mass is 338 g/mol. The van der Waals surface area contributed by atoms with Crippen molar-refractivity contribution in [2.75, 3.05) is 52.5 Å². The number of thiazole rings is 1. The summed E-state index contributed by atoms with van der Waals surface area (Å²) >= 11 is 1.77. The molecule has 0 aliphatic carbocycles. The number of hydrogen-bond acceptors (Lipinski definition) is 6. The highest BCUT2D eigenvalue weighted by atomic mass is 32.1. The Morgan fingerprint density at radius 3 is 2.48 bits per heavy atom. The van der Waals surface area contributed by atoms with Gasteiger partial charge in [-0.2, -0.15) is 0 Å². The van der Waals surface area contributed by atoms with Gasteiger partial charge in [-0.1, -0.05) is 0 Å². The van der Waals surface area contributed by atoms with Gasteiger partial charge in [0, 0.05) is 43.3 Å². The molecule has 0 aromatic carbocycles. The van der Waals surface area contributed by atoms with Crippen molar-refractivity contribution in [1.29, 1.82) is 0 Å². The molecule has 23 heavy (non-hydrogen) atoms. The minimum Gasteiger partial charge on any atom is -0.379 e. The number of hydrogen-bond donors (Lipinski definition) is 1. The van der Waals surface area contributed by atoms with E-state index in [0.717, 1.165) is 32.0 Å². The highest BCUT2D eigenvalue weighted by molar-refractivity contribution is 7.09. The van der Waals surface area contributed by atoms with Crippen molar-refractivity contribution in [3.05, 3.63) is 16.1 Å². The molecule has 0 spiro atoms. The van der Waals surface area contributed by atoms with Gasteiger partial charge in [0.25, 0.3) is 0 Å². The third-order valence-corrected chi connectivity index (χ3v) is 6.06. The zero-order valence-electron chi connectivity index (χ0n) is 14.5. The molecule has 2 fully saturated rings. The van der Waals surface area contributed by atoms with Crippen LogP contribution in [0, 0.1) is 6.92 Å². The standard InChI is InChI=1S/C17H30N4OS/c1-14-13-23-17(18-14)15(2)19-16-3-5-20(6-4-16)7-8-21-9-11-22-12-10-21/h13,15-16,19H,3-12H2,1-2H3. The molecule has 1 N–H and O–H groups in total. The number of aromatic nitrogens is 1.